The molecule has 0 amide bonds. The van der Waals surface area contributed by atoms with Crippen LogP contribution in [0.2, 0.25) is 0 Å². The summed E-state index contributed by atoms with van der Waals surface area (Å²) in [5.74, 6) is 0.949. The Kier molecular flexibility index (Phi) is 2.34. The first kappa shape index (κ1) is 10.3. The van der Waals surface area contributed by atoms with E-state index in [4.69, 9.17) is 9.68 Å². The summed E-state index contributed by atoms with van der Waals surface area (Å²) >= 11 is 0. The van der Waals surface area contributed by atoms with E-state index in [2.05, 4.69) is 23.0 Å². The van der Waals surface area contributed by atoms with Crippen LogP contribution in [0.3, 0.4) is 0 Å². The van der Waals surface area contributed by atoms with Gasteiger partial charge < -0.3 is 4.42 Å². The molecule has 1 fully saturated rings. The van der Waals surface area contributed by atoms with Gasteiger partial charge in [0.25, 0.3) is 0 Å². The third-order valence-electron chi connectivity index (χ3n) is 3.43. The number of nitrogens with zero attached hydrogens (tertiary/aromatic N) is 3. The fraction of sp³-hybridized carbons (Fsp3) is 0.385. The van der Waals surface area contributed by atoms with E-state index in [9.17, 15) is 0 Å². The third-order valence-corrected chi connectivity index (χ3v) is 3.43. The number of fused-ring (bicyclic) bond motifs is 1. The first-order chi connectivity index (χ1) is 8.29. The van der Waals surface area contributed by atoms with Crippen molar-refractivity contribution in [2.45, 2.75) is 18.9 Å². The molecule has 0 aromatic carbocycles. The molecule has 3 rings (SSSR count). The minimum Gasteiger partial charge on any atom is -0.458 e. The Morgan fingerprint density at radius 2 is 2.41 bits per heavy atom. The predicted molar refractivity (Wildman–Crippen MR) is 63.3 cm³/mol. The highest BCUT2D eigenvalue weighted by Gasteiger charge is 2.26. The van der Waals surface area contributed by atoms with Crippen molar-refractivity contribution in [1.29, 1.82) is 5.26 Å². The van der Waals surface area contributed by atoms with E-state index in [-0.39, 0.29) is 0 Å². The number of aromatic nitrogens is 1. The van der Waals surface area contributed by atoms with Crippen LogP contribution in [0, 0.1) is 11.3 Å². The van der Waals surface area contributed by atoms with Gasteiger partial charge in [-0.1, -0.05) is 0 Å². The lowest BCUT2D eigenvalue weighted by atomic mass is 10.1. The molecule has 1 unspecified atom stereocenters. The average Bonchev–Trinajstić information content (AvgIpc) is 2.93. The van der Waals surface area contributed by atoms with Gasteiger partial charge in [0.1, 0.15) is 11.8 Å². The Hall–Kier alpha value is -1.86. The summed E-state index contributed by atoms with van der Waals surface area (Å²) in [5, 5.41) is 9.89. The summed E-state index contributed by atoms with van der Waals surface area (Å²) in [5.41, 5.74) is 1.29. The molecule has 1 atom stereocenters. The van der Waals surface area contributed by atoms with Gasteiger partial charge in [-0.3, -0.25) is 9.88 Å². The summed E-state index contributed by atoms with van der Waals surface area (Å²) in [6.07, 6.45) is 5.57. The lowest BCUT2D eigenvalue weighted by molar-refractivity contribution is 0.281. The lowest BCUT2D eigenvalue weighted by Crippen LogP contribution is -2.16. The van der Waals surface area contributed by atoms with Crippen LogP contribution in [0.4, 0.5) is 0 Å². The molecule has 0 bridgehead atoms. The monoisotopic (exact) mass is 227 g/mol. The van der Waals surface area contributed by atoms with Crippen LogP contribution in [0.5, 0.6) is 0 Å². The lowest BCUT2D eigenvalue weighted by Gasteiger charge is -2.16. The Bertz CT molecular complexity index is 596. The molecule has 3 heterocycles. The van der Waals surface area contributed by atoms with Crippen LogP contribution in [0.15, 0.2) is 22.9 Å². The van der Waals surface area contributed by atoms with Crippen molar-refractivity contribution in [2.24, 2.45) is 0 Å². The van der Waals surface area contributed by atoms with Crippen molar-refractivity contribution in [2.75, 3.05) is 13.6 Å². The second-order valence-corrected chi connectivity index (χ2v) is 4.50. The Labute approximate surface area is 99.5 Å². The van der Waals surface area contributed by atoms with Gasteiger partial charge in [0.15, 0.2) is 5.58 Å². The highest BCUT2D eigenvalue weighted by molar-refractivity contribution is 5.83. The van der Waals surface area contributed by atoms with Crippen LogP contribution >= 0.6 is 0 Å². The van der Waals surface area contributed by atoms with Gasteiger partial charge in [0.05, 0.1) is 17.8 Å². The van der Waals surface area contributed by atoms with Crippen molar-refractivity contribution < 1.29 is 4.42 Å². The summed E-state index contributed by atoms with van der Waals surface area (Å²) in [6, 6.07) is 4.48. The standard InChI is InChI=1S/C13H13N3O/c1-16-4-2-3-11(16)12-5-10-9(6-14)7-15-8-13(10)17-12/h5,7-8,11H,2-4H2,1H3. The average molecular weight is 227 g/mol. The highest BCUT2D eigenvalue weighted by Crippen LogP contribution is 2.34. The van der Waals surface area contributed by atoms with Gasteiger partial charge in [-0.15, -0.1) is 0 Å². The van der Waals surface area contributed by atoms with Crippen LogP contribution < -0.4 is 0 Å². The van der Waals surface area contributed by atoms with Crippen LogP contribution in [-0.2, 0) is 0 Å². The topological polar surface area (TPSA) is 53.1 Å². The Morgan fingerprint density at radius 3 is 3.12 bits per heavy atom. The molecular formula is C13H13N3O. The molecule has 0 N–H and O–H groups in total. The third kappa shape index (κ3) is 1.60. The van der Waals surface area contributed by atoms with Gasteiger partial charge in [0.2, 0.25) is 0 Å². The van der Waals surface area contributed by atoms with Gasteiger partial charge in [0, 0.05) is 11.6 Å². The number of furan rings is 1. The molecule has 4 nitrogen and oxygen atoms in total. The fourth-order valence-electron chi connectivity index (χ4n) is 2.50. The van der Waals surface area contributed by atoms with Gasteiger partial charge in [-0.25, -0.2) is 0 Å². The molecule has 0 aliphatic carbocycles. The summed E-state index contributed by atoms with van der Waals surface area (Å²) in [6.45, 7) is 1.10. The second-order valence-electron chi connectivity index (χ2n) is 4.50. The molecule has 1 aliphatic heterocycles. The minimum absolute atomic E-state index is 0.342. The maximum atomic E-state index is 9.02. The van der Waals surface area contributed by atoms with Gasteiger partial charge >= 0.3 is 0 Å². The van der Waals surface area contributed by atoms with Crippen molar-refractivity contribution in [1.82, 2.24) is 9.88 Å². The Morgan fingerprint density at radius 1 is 1.53 bits per heavy atom. The van der Waals surface area contributed by atoms with E-state index >= 15 is 0 Å². The molecule has 86 valence electrons. The van der Waals surface area contributed by atoms with Crippen molar-refractivity contribution in [3.05, 3.63) is 29.8 Å². The zero-order valence-electron chi connectivity index (χ0n) is 9.68. The van der Waals surface area contributed by atoms with E-state index in [1.54, 1.807) is 12.4 Å². The smallest absolute Gasteiger partial charge is 0.153 e. The molecule has 2 aromatic rings. The molecule has 1 aliphatic rings. The second kappa shape index (κ2) is 3.86. The normalized spacial score (nSPS) is 20.8. The maximum absolute atomic E-state index is 9.02. The fourth-order valence-corrected chi connectivity index (χ4v) is 2.50. The quantitative estimate of drug-likeness (QED) is 0.751. The molecule has 1 saturated heterocycles. The van der Waals surface area contributed by atoms with E-state index in [1.165, 1.54) is 6.42 Å². The number of pyridine rings is 1. The summed E-state index contributed by atoms with van der Waals surface area (Å²) in [4.78, 5) is 6.30. The number of hydrogen-bond acceptors (Lipinski definition) is 4. The van der Waals surface area contributed by atoms with Crippen molar-refractivity contribution in [3.8, 4) is 6.07 Å². The van der Waals surface area contributed by atoms with E-state index in [0.29, 0.717) is 17.2 Å². The number of hydrogen-bond donors (Lipinski definition) is 0. The highest BCUT2D eigenvalue weighted by atomic mass is 16.3. The summed E-state index contributed by atoms with van der Waals surface area (Å²) in [7, 11) is 2.11. The molecule has 17 heavy (non-hydrogen) atoms. The molecular weight excluding hydrogens is 214 g/mol. The van der Waals surface area contributed by atoms with Crippen LogP contribution in [-0.4, -0.2) is 23.5 Å². The minimum atomic E-state index is 0.342. The number of rotatable bonds is 1. The first-order valence-electron chi connectivity index (χ1n) is 5.77. The zero-order valence-corrected chi connectivity index (χ0v) is 9.68. The number of likely N-dealkylation sites (tertiary alicyclic amines) is 1. The molecule has 2 aromatic heterocycles. The maximum Gasteiger partial charge on any atom is 0.153 e. The van der Waals surface area contributed by atoms with E-state index in [1.807, 2.05) is 6.07 Å². The summed E-state index contributed by atoms with van der Waals surface area (Å²) < 4.78 is 5.81. The molecule has 0 saturated carbocycles. The van der Waals surface area contributed by atoms with E-state index in [0.717, 1.165) is 24.1 Å². The molecule has 0 spiro atoms. The largest absolute Gasteiger partial charge is 0.458 e. The van der Waals surface area contributed by atoms with Crippen molar-refractivity contribution in [3.63, 3.8) is 0 Å². The van der Waals surface area contributed by atoms with E-state index < -0.39 is 0 Å². The van der Waals surface area contributed by atoms with Crippen LogP contribution in [0.25, 0.3) is 11.0 Å². The zero-order chi connectivity index (χ0) is 11.8. The van der Waals surface area contributed by atoms with Gasteiger partial charge in [-0.05, 0) is 32.5 Å². The SMILES string of the molecule is CN1CCCC1c1cc2c(C#N)cncc2o1. The Balaban J connectivity index is 2.11. The molecule has 4 heteroatoms. The molecule has 0 radical (unpaired) electrons. The van der Waals surface area contributed by atoms with Crippen molar-refractivity contribution >= 4 is 11.0 Å². The van der Waals surface area contributed by atoms with Gasteiger partial charge in [-0.2, -0.15) is 5.26 Å². The van der Waals surface area contributed by atoms with Crippen LogP contribution in [0.1, 0.15) is 30.2 Å². The predicted octanol–water partition coefficient (Wildman–Crippen LogP) is 2.47. The number of nitriles is 1. The first-order valence-corrected chi connectivity index (χ1v) is 5.77.